The van der Waals surface area contributed by atoms with Crippen LogP contribution >= 0.6 is 11.6 Å². The summed E-state index contributed by atoms with van der Waals surface area (Å²) in [5.74, 6) is -3.98. The van der Waals surface area contributed by atoms with Crippen LogP contribution in [-0.4, -0.2) is 0 Å². The monoisotopic (exact) mass is 257 g/mol. The molecule has 0 unspecified atom stereocenters. The summed E-state index contributed by atoms with van der Waals surface area (Å²) in [6.45, 7) is 0. The van der Waals surface area contributed by atoms with Crippen LogP contribution in [0.15, 0.2) is 30.3 Å². The Morgan fingerprint density at radius 3 is 2.00 bits per heavy atom. The number of hydrogen-bond acceptors (Lipinski definition) is 1. The van der Waals surface area contributed by atoms with Crippen molar-refractivity contribution < 1.29 is 13.2 Å². The van der Waals surface area contributed by atoms with E-state index >= 15 is 0 Å². The molecule has 0 aromatic heterocycles. The maximum Gasteiger partial charge on any atom is 0.194 e. The molecule has 0 aliphatic rings. The van der Waals surface area contributed by atoms with E-state index < -0.39 is 17.5 Å². The summed E-state index contributed by atoms with van der Waals surface area (Å²) in [5, 5.41) is 0.271. The lowest BCUT2D eigenvalue weighted by atomic mass is 10.0. The van der Waals surface area contributed by atoms with E-state index in [9.17, 15) is 13.2 Å². The molecule has 0 atom stereocenters. The van der Waals surface area contributed by atoms with E-state index in [-0.39, 0.29) is 10.6 Å². The van der Waals surface area contributed by atoms with E-state index in [0.717, 1.165) is 12.1 Å². The Labute approximate surface area is 101 Å². The van der Waals surface area contributed by atoms with Crippen molar-refractivity contribution in [1.82, 2.24) is 0 Å². The molecule has 2 N–H and O–H groups in total. The van der Waals surface area contributed by atoms with Crippen molar-refractivity contribution in [2.24, 2.45) is 0 Å². The predicted molar refractivity (Wildman–Crippen MR) is 61.2 cm³/mol. The highest BCUT2D eigenvalue weighted by Gasteiger charge is 2.12. The van der Waals surface area contributed by atoms with E-state index in [1.165, 1.54) is 12.1 Å². The van der Waals surface area contributed by atoms with Gasteiger partial charge in [0.25, 0.3) is 0 Å². The molecule has 0 aliphatic heterocycles. The maximum absolute atomic E-state index is 13.0. The van der Waals surface area contributed by atoms with E-state index in [1.807, 2.05) is 0 Å². The Bertz CT molecular complexity index is 561. The Morgan fingerprint density at radius 2 is 1.47 bits per heavy atom. The minimum absolute atomic E-state index is 0.198. The molecule has 1 nitrogen and oxygen atoms in total. The van der Waals surface area contributed by atoms with Crippen LogP contribution < -0.4 is 5.73 Å². The number of hydrogen-bond donors (Lipinski definition) is 1. The van der Waals surface area contributed by atoms with Crippen LogP contribution in [0.3, 0.4) is 0 Å². The van der Waals surface area contributed by atoms with Crippen LogP contribution in [-0.2, 0) is 0 Å². The predicted octanol–water partition coefficient (Wildman–Crippen LogP) is 4.01. The van der Waals surface area contributed by atoms with Gasteiger partial charge in [0.05, 0.1) is 10.7 Å². The van der Waals surface area contributed by atoms with Crippen LogP contribution in [0.25, 0.3) is 11.1 Å². The zero-order valence-corrected chi connectivity index (χ0v) is 9.23. The summed E-state index contributed by atoms with van der Waals surface area (Å²) < 4.78 is 38.8. The maximum atomic E-state index is 13.0. The first-order valence-corrected chi connectivity index (χ1v) is 5.07. The topological polar surface area (TPSA) is 26.0 Å². The van der Waals surface area contributed by atoms with Crippen molar-refractivity contribution in [3.8, 4) is 11.1 Å². The normalized spacial score (nSPS) is 10.6. The van der Waals surface area contributed by atoms with Gasteiger partial charge in [0.1, 0.15) is 0 Å². The van der Waals surface area contributed by atoms with Gasteiger partial charge >= 0.3 is 0 Å². The summed E-state index contributed by atoms with van der Waals surface area (Å²) in [6, 6.07) is 6.33. The summed E-state index contributed by atoms with van der Waals surface area (Å²) in [7, 11) is 0. The van der Waals surface area contributed by atoms with Crippen molar-refractivity contribution in [3.63, 3.8) is 0 Å². The Kier molecular flexibility index (Phi) is 2.98. The van der Waals surface area contributed by atoms with Gasteiger partial charge in [-0.05, 0) is 35.4 Å². The Balaban J connectivity index is 2.57. The van der Waals surface area contributed by atoms with Crippen molar-refractivity contribution in [1.29, 1.82) is 0 Å². The van der Waals surface area contributed by atoms with Gasteiger partial charge in [0.2, 0.25) is 0 Å². The minimum Gasteiger partial charge on any atom is -0.398 e. The molecule has 0 heterocycles. The molecule has 0 spiro atoms. The highest BCUT2D eigenvalue weighted by Crippen LogP contribution is 2.28. The fourth-order valence-corrected chi connectivity index (χ4v) is 1.61. The SMILES string of the molecule is Nc1ccc(-c2cc(F)c(F)c(F)c2)cc1Cl. The molecule has 5 heteroatoms. The number of halogens is 4. The van der Waals surface area contributed by atoms with E-state index in [1.54, 1.807) is 6.07 Å². The van der Waals surface area contributed by atoms with Crippen LogP contribution in [0, 0.1) is 17.5 Å². The van der Waals surface area contributed by atoms with Crippen LogP contribution in [0.2, 0.25) is 5.02 Å². The lowest BCUT2D eigenvalue weighted by Crippen LogP contribution is -1.92. The molecule has 17 heavy (non-hydrogen) atoms. The van der Waals surface area contributed by atoms with Crippen LogP contribution in [0.1, 0.15) is 0 Å². The highest BCUT2D eigenvalue weighted by atomic mass is 35.5. The third-order valence-electron chi connectivity index (χ3n) is 2.32. The second-order valence-corrected chi connectivity index (χ2v) is 3.90. The third-order valence-corrected chi connectivity index (χ3v) is 2.64. The minimum atomic E-state index is -1.49. The van der Waals surface area contributed by atoms with E-state index in [2.05, 4.69) is 0 Å². The smallest absolute Gasteiger partial charge is 0.194 e. The van der Waals surface area contributed by atoms with Gasteiger partial charge in [0.15, 0.2) is 17.5 Å². The van der Waals surface area contributed by atoms with Gasteiger partial charge < -0.3 is 5.73 Å². The first-order valence-electron chi connectivity index (χ1n) is 4.69. The standard InChI is InChI=1S/C12H7ClF3N/c13-8-3-6(1-2-11(8)17)7-4-9(14)12(16)10(15)5-7/h1-5H,17H2. The molecule has 0 fully saturated rings. The number of anilines is 1. The van der Waals surface area contributed by atoms with Crippen LogP contribution in [0.5, 0.6) is 0 Å². The second kappa shape index (κ2) is 4.30. The quantitative estimate of drug-likeness (QED) is 0.606. The summed E-state index contributed by atoms with van der Waals surface area (Å²) in [6.07, 6.45) is 0. The first-order chi connectivity index (χ1) is 7.99. The molecule has 0 saturated carbocycles. The number of benzene rings is 2. The molecule has 2 aromatic carbocycles. The van der Waals surface area contributed by atoms with Gasteiger partial charge in [-0.3, -0.25) is 0 Å². The molecule has 0 saturated heterocycles. The summed E-state index contributed by atoms with van der Waals surface area (Å²) in [4.78, 5) is 0. The molecule has 2 rings (SSSR count). The first kappa shape index (κ1) is 11.8. The van der Waals surface area contributed by atoms with Crippen molar-refractivity contribution in [3.05, 3.63) is 52.8 Å². The molecule has 88 valence electrons. The molecule has 0 radical (unpaired) electrons. The van der Waals surface area contributed by atoms with Gasteiger partial charge in [-0.25, -0.2) is 13.2 Å². The number of rotatable bonds is 1. The molecule has 0 aliphatic carbocycles. The lowest BCUT2D eigenvalue weighted by molar-refractivity contribution is 0.448. The molecular weight excluding hydrogens is 251 g/mol. The molecule has 2 aromatic rings. The second-order valence-electron chi connectivity index (χ2n) is 3.49. The summed E-state index contributed by atoms with van der Waals surface area (Å²) in [5.41, 5.74) is 6.53. The van der Waals surface area contributed by atoms with Crippen molar-refractivity contribution in [2.45, 2.75) is 0 Å². The molecule has 0 bridgehead atoms. The van der Waals surface area contributed by atoms with Gasteiger partial charge in [-0.15, -0.1) is 0 Å². The van der Waals surface area contributed by atoms with E-state index in [0.29, 0.717) is 11.3 Å². The molecular formula is C12H7ClF3N. The highest BCUT2D eigenvalue weighted by molar-refractivity contribution is 6.33. The lowest BCUT2D eigenvalue weighted by Gasteiger charge is -2.05. The average molecular weight is 258 g/mol. The van der Waals surface area contributed by atoms with Crippen molar-refractivity contribution in [2.75, 3.05) is 5.73 Å². The van der Waals surface area contributed by atoms with Gasteiger partial charge in [-0.1, -0.05) is 17.7 Å². The van der Waals surface area contributed by atoms with E-state index in [4.69, 9.17) is 17.3 Å². The van der Waals surface area contributed by atoms with Crippen LogP contribution in [0.4, 0.5) is 18.9 Å². The number of nitrogen functional groups attached to an aromatic ring is 1. The third kappa shape index (κ3) is 2.22. The largest absolute Gasteiger partial charge is 0.398 e. The van der Waals surface area contributed by atoms with Gasteiger partial charge in [-0.2, -0.15) is 0 Å². The average Bonchev–Trinajstić information content (AvgIpc) is 2.29. The van der Waals surface area contributed by atoms with Crippen molar-refractivity contribution >= 4 is 17.3 Å². The van der Waals surface area contributed by atoms with Gasteiger partial charge in [0, 0.05) is 0 Å². The zero-order valence-electron chi connectivity index (χ0n) is 8.48. The Morgan fingerprint density at radius 1 is 0.882 bits per heavy atom. The fourth-order valence-electron chi connectivity index (χ4n) is 1.43. The number of nitrogens with two attached hydrogens (primary N) is 1. The molecule has 0 amide bonds. The Hall–Kier alpha value is -1.68. The fraction of sp³-hybridized carbons (Fsp3) is 0. The zero-order chi connectivity index (χ0) is 12.6. The summed E-state index contributed by atoms with van der Waals surface area (Å²) >= 11 is 5.79.